The topological polar surface area (TPSA) is 15.3 Å². The summed E-state index contributed by atoms with van der Waals surface area (Å²) >= 11 is 2.92. The summed E-state index contributed by atoms with van der Waals surface area (Å²) in [6.07, 6.45) is 0. The molecule has 0 heterocycles. The van der Waals surface area contributed by atoms with Crippen LogP contribution in [0, 0.1) is 0 Å². The summed E-state index contributed by atoms with van der Waals surface area (Å²) in [5.41, 5.74) is 22.9. The zero-order chi connectivity index (χ0) is 75.5. The summed E-state index contributed by atoms with van der Waals surface area (Å²) in [5.74, 6) is 0. The largest absolute Gasteiger partial charge is 0.355 e. The Bertz CT molecular complexity index is 6740. The van der Waals surface area contributed by atoms with E-state index in [1.165, 1.54) is 110 Å². The minimum Gasteiger partial charge on any atom is -0.355 e. The monoisotopic (exact) mass is 1370 g/mol. The molecule has 0 amide bonds. The predicted molar refractivity (Wildman–Crippen MR) is 436 cm³/mol. The minimum absolute atomic E-state index is 0. The van der Waals surface area contributed by atoms with Crippen LogP contribution in [0.4, 0.5) is 28.4 Å². The molecule has 0 atom stereocenters. The lowest BCUT2D eigenvalue weighted by Crippen LogP contribution is -2.26. The number of rotatable bonds is 5. The molecular formula is C99H67BrN2. The Kier molecular flexibility index (Phi) is 12.1. The van der Waals surface area contributed by atoms with E-state index in [4.69, 9.17) is 11.0 Å². The number of nitrogens with one attached hydrogen (secondary N) is 1. The summed E-state index contributed by atoms with van der Waals surface area (Å²) in [7, 11) is 0. The van der Waals surface area contributed by atoms with Gasteiger partial charge in [-0.2, -0.15) is 0 Å². The molecule has 0 saturated heterocycles. The Hall–Kier alpha value is -12.4. The molecule has 0 bridgehead atoms. The first-order chi connectivity index (χ1) is 54.2. The van der Waals surface area contributed by atoms with Crippen LogP contribution in [0.15, 0.2) is 380 Å². The van der Waals surface area contributed by atoms with E-state index in [-0.39, 0.29) is 77.4 Å². The van der Waals surface area contributed by atoms with E-state index in [0.717, 1.165) is 55.0 Å². The Morgan fingerprint density at radius 2 is 0.510 bits per heavy atom. The zero-order valence-corrected chi connectivity index (χ0v) is 55.9. The fourth-order valence-corrected chi connectivity index (χ4v) is 17.8. The second-order valence-electron chi connectivity index (χ2n) is 26.3. The Morgan fingerprint density at radius 3 is 0.922 bits per heavy atom. The van der Waals surface area contributed by atoms with Gasteiger partial charge < -0.3 is 10.2 Å². The lowest BCUT2D eigenvalue weighted by molar-refractivity contribution is 0.793. The van der Waals surface area contributed by atoms with Gasteiger partial charge in [0.2, 0.25) is 0 Å². The number of halogens is 1. The molecule has 18 aromatic carbocycles. The van der Waals surface area contributed by atoms with E-state index in [1.807, 2.05) is 23.1 Å². The van der Waals surface area contributed by atoms with Gasteiger partial charge in [-0.1, -0.05) is 327 Å². The van der Waals surface area contributed by atoms with Crippen molar-refractivity contribution < 1.29 is 13.7 Å². The summed E-state index contributed by atoms with van der Waals surface area (Å²) in [5, 5.41) is 18.2. The highest BCUT2D eigenvalue weighted by Crippen LogP contribution is 2.65. The van der Waals surface area contributed by atoms with Crippen LogP contribution in [0.3, 0.4) is 0 Å². The molecule has 0 unspecified atom stereocenters. The molecule has 4 aliphatic rings. The highest BCUT2D eigenvalue weighted by atomic mass is 79.9. The SMILES string of the molecule is C.[2H]c1c([2H])c([2H])c(Br)c([2H])c1[2H].[2H]c1c([2H])c([2H])c(N(c2ccc3c(c2)C2(c4ccccc4-c4ccccc42)c2ccccc2-3)c2ccc3c4ccccc4c4ccccc4c3c2)c([2H])c1[2H].c1ccc2c(c1)-c1ccccc1C21c2ccccc2-c2ccc(Nc3ccc4c5ccccc5c5ccccc5c4c3)cc21. The Morgan fingerprint density at radius 1 is 0.235 bits per heavy atom. The van der Waals surface area contributed by atoms with Crippen LogP contribution in [0.5, 0.6) is 0 Å². The molecule has 1 N–H and O–H groups in total. The summed E-state index contributed by atoms with van der Waals surface area (Å²) in [6.45, 7) is 0. The van der Waals surface area contributed by atoms with Gasteiger partial charge in [-0.3, -0.25) is 0 Å². The number of hydrogen-bond donors (Lipinski definition) is 1. The van der Waals surface area contributed by atoms with Crippen LogP contribution in [0.25, 0.3) is 109 Å². The molecule has 102 heavy (non-hydrogen) atoms. The first kappa shape index (κ1) is 50.9. The smallest absolute Gasteiger partial charge is 0.0726 e. The molecule has 18 aromatic rings. The van der Waals surface area contributed by atoms with Crippen LogP contribution < -0.4 is 10.2 Å². The van der Waals surface area contributed by atoms with Gasteiger partial charge in [0.05, 0.1) is 24.5 Å². The van der Waals surface area contributed by atoms with E-state index in [2.05, 4.69) is 318 Å². The van der Waals surface area contributed by atoms with Gasteiger partial charge in [-0.05, 0) is 226 Å². The molecule has 0 fully saturated rings. The third-order valence-corrected chi connectivity index (χ3v) is 21.8. The Labute approximate surface area is 616 Å². The molecule has 480 valence electrons. The third-order valence-electron chi connectivity index (χ3n) is 21.4. The Balaban J connectivity index is 0.000000133. The molecule has 2 spiro atoms. The van der Waals surface area contributed by atoms with Crippen LogP contribution in [-0.2, 0) is 10.8 Å². The fraction of sp³-hybridized carbons (Fsp3) is 0.0303. The van der Waals surface area contributed by atoms with Gasteiger partial charge in [0.1, 0.15) is 0 Å². The molecule has 3 heteroatoms. The van der Waals surface area contributed by atoms with Gasteiger partial charge >= 0.3 is 0 Å². The normalized spacial score (nSPS) is 14.4. The molecular weight excluding hydrogens is 1300 g/mol. The van der Waals surface area contributed by atoms with Crippen LogP contribution in [-0.4, -0.2) is 0 Å². The van der Waals surface area contributed by atoms with Crippen molar-refractivity contribution in [3.05, 3.63) is 425 Å². The maximum Gasteiger partial charge on any atom is 0.0726 e. The summed E-state index contributed by atoms with van der Waals surface area (Å²) < 4.78 is 80.8. The first-order valence-corrected chi connectivity index (χ1v) is 34.9. The van der Waals surface area contributed by atoms with Crippen molar-refractivity contribution in [1.82, 2.24) is 0 Å². The zero-order valence-electron chi connectivity index (χ0n) is 64.3. The first-order valence-electron chi connectivity index (χ1n) is 39.1. The second kappa shape index (κ2) is 24.2. The molecule has 0 radical (unpaired) electrons. The van der Waals surface area contributed by atoms with Crippen molar-refractivity contribution >= 4 is 109 Å². The number of nitrogens with zero attached hydrogens (tertiary/aromatic N) is 1. The van der Waals surface area contributed by atoms with Crippen molar-refractivity contribution in [1.29, 1.82) is 0 Å². The molecule has 0 aromatic heterocycles. The van der Waals surface area contributed by atoms with E-state index in [0.29, 0.717) is 11.4 Å². The van der Waals surface area contributed by atoms with Gasteiger partial charge in [-0.15, -0.1) is 0 Å². The van der Waals surface area contributed by atoms with E-state index in [9.17, 15) is 2.74 Å². The number of benzene rings is 18. The lowest BCUT2D eigenvalue weighted by Gasteiger charge is -2.32. The van der Waals surface area contributed by atoms with Crippen molar-refractivity contribution in [2.75, 3.05) is 10.2 Å². The summed E-state index contributed by atoms with van der Waals surface area (Å²) in [6, 6.07) is 110. The maximum atomic E-state index is 9.26. The fourth-order valence-electron chi connectivity index (χ4n) is 17.6. The molecule has 0 saturated carbocycles. The molecule has 0 aliphatic heterocycles. The van der Waals surface area contributed by atoms with Crippen molar-refractivity contribution in [3.8, 4) is 44.5 Å². The molecule has 4 aliphatic carbocycles. The van der Waals surface area contributed by atoms with E-state index in [1.54, 1.807) is 0 Å². The van der Waals surface area contributed by atoms with Gasteiger partial charge in [0.25, 0.3) is 0 Å². The van der Waals surface area contributed by atoms with Gasteiger partial charge in [-0.25, -0.2) is 0 Å². The quantitative estimate of drug-likeness (QED) is 0.173. The van der Waals surface area contributed by atoms with Gasteiger partial charge in [0.15, 0.2) is 0 Å². The van der Waals surface area contributed by atoms with Crippen LogP contribution in [0.2, 0.25) is 0 Å². The highest BCUT2D eigenvalue weighted by molar-refractivity contribution is 9.10. The number of fused-ring (bicyclic) bond motifs is 32. The summed E-state index contributed by atoms with van der Waals surface area (Å²) in [4.78, 5) is 1.87. The molecule has 2 nitrogen and oxygen atoms in total. The highest BCUT2D eigenvalue weighted by Gasteiger charge is 2.53. The minimum atomic E-state index is -0.612. The van der Waals surface area contributed by atoms with E-state index < -0.39 is 11.5 Å². The predicted octanol–water partition coefficient (Wildman–Crippen LogP) is 27.3. The number of hydrogen-bond acceptors (Lipinski definition) is 2. The molecule has 22 rings (SSSR count). The van der Waals surface area contributed by atoms with Gasteiger partial charge in [0, 0.05) is 32.9 Å². The van der Waals surface area contributed by atoms with Crippen molar-refractivity contribution in [2.45, 2.75) is 18.3 Å². The standard InChI is InChI=1S/C49H31N.C43H27N.C6H5Br.CH4/c1-2-14-32(15-3-1)50(33-26-28-39-37-18-5-4-16-35(37)36-17-6-7-19-38(36)44(39)30-33)34-27-29-43-42-22-10-13-25-47(42)49(48(43)31-34)45-23-11-8-20-40(45)41-21-9-12-24-46(41)49;1-2-13-31-29(11-1)30-12-3-4-14-32(30)38-25-27(21-23-33(31)38)44-28-22-24-37-36-17-7-10-20-41(36)43(42(37)26-28)39-18-8-5-15-34(39)35-16-6-9-19-40(35)43;7-6-4-2-1-3-5-6;/h1-31H;1-26,44H;1-5H;1H4/i1D,2D,3D,14D,15D;;1D,2D,3D,4D,5D;. The van der Waals surface area contributed by atoms with E-state index >= 15 is 0 Å². The second-order valence-corrected chi connectivity index (χ2v) is 27.1. The van der Waals surface area contributed by atoms with Crippen LogP contribution in [0.1, 0.15) is 65.6 Å². The average molecular weight is 1370 g/mol. The third kappa shape index (κ3) is 9.04. The number of anilines is 5. The lowest BCUT2D eigenvalue weighted by atomic mass is 9.70. The van der Waals surface area contributed by atoms with Crippen LogP contribution >= 0.6 is 15.9 Å². The van der Waals surface area contributed by atoms with Crippen molar-refractivity contribution in [3.63, 3.8) is 0 Å². The average Bonchev–Trinajstić information content (AvgIpc) is 1.51. The number of para-hydroxylation sites is 1. The van der Waals surface area contributed by atoms with Crippen molar-refractivity contribution in [2.24, 2.45) is 0 Å². The maximum absolute atomic E-state index is 9.26.